The molecule has 0 aromatic heterocycles. The van der Waals surface area contributed by atoms with Gasteiger partial charge in [0.15, 0.2) is 11.2 Å². The van der Waals surface area contributed by atoms with Crippen LogP contribution in [0.4, 0.5) is 0 Å². The molecular formula is C17H24N2O9S. The number of esters is 2. The Morgan fingerprint density at radius 3 is 2.48 bits per heavy atom. The Morgan fingerprint density at radius 1 is 1.14 bits per heavy atom. The first kappa shape index (κ1) is 24.4. The summed E-state index contributed by atoms with van der Waals surface area (Å²) >= 11 is 0.976. The summed E-state index contributed by atoms with van der Waals surface area (Å²) in [5.41, 5.74) is -1.28. The van der Waals surface area contributed by atoms with E-state index in [9.17, 15) is 28.8 Å². The first-order chi connectivity index (χ1) is 13.5. The Morgan fingerprint density at radius 2 is 1.83 bits per heavy atom. The highest BCUT2D eigenvalue weighted by Gasteiger charge is 2.40. The highest BCUT2D eigenvalue weighted by molar-refractivity contribution is 8.13. The van der Waals surface area contributed by atoms with Gasteiger partial charge in [0, 0.05) is 37.1 Å². The van der Waals surface area contributed by atoms with Gasteiger partial charge in [-0.15, -0.1) is 0 Å². The summed E-state index contributed by atoms with van der Waals surface area (Å²) in [5, 5.41) is 13.4. The van der Waals surface area contributed by atoms with Crippen molar-refractivity contribution in [3.8, 4) is 0 Å². The summed E-state index contributed by atoms with van der Waals surface area (Å²) in [6.07, 6.45) is -1.83. The number of ether oxygens (including phenoxy) is 2. The van der Waals surface area contributed by atoms with Gasteiger partial charge in [0.2, 0.25) is 5.91 Å². The number of aliphatic carboxylic acids is 1. The van der Waals surface area contributed by atoms with E-state index < -0.39 is 41.9 Å². The van der Waals surface area contributed by atoms with Gasteiger partial charge in [-0.1, -0.05) is 25.6 Å². The minimum Gasteiger partial charge on any atom is -0.473 e. The first-order valence-electron chi connectivity index (χ1n) is 8.82. The van der Waals surface area contributed by atoms with Gasteiger partial charge in [-0.25, -0.2) is 9.59 Å². The van der Waals surface area contributed by atoms with Crippen molar-refractivity contribution in [2.45, 2.75) is 39.2 Å². The molecule has 29 heavy (non-hydrogen) atoms. The monoisotopic (exact) mass is 432 g/mol. The van der Waals surface area contributed by atoms with Crippen molar-refractivity contribution in [3.05, 3.63) is 0 Å². The average Bonchev–Trinajstić information content (AvgIpc) is 2.65. The van der Waals surface area contributed by atoms with E-state index in [-0.39, 0.29) is 43.4 Å². The van der Waals surface area contributed by atoms with Gasteiger partial charge in [-0.3, -0.25) is 19.2 Å². The Bertz CT molecular complexity index is 678. The Hall–Kier alpha value is -2.63. The molecule has 0 aromatic carbocycles. The van der Waals surface area contributed by atoms with E-state index in [1.165, 1.54) is 13.8 Å². The van der Waals surface area contributed by atoms with Crippen molar-refractivity contribution >= 4 is 46.6 Å². The summed E-state index contributed by atoms with van der Waals surface area (Å²) in [7, 11) is 0. The second-order valence-corrected chi connectivity index (χ2v) is 8.00. The highest BCUT2D eigenvalue weighted by atomic mass is 32.2. The van der Waals surface area contributed by atoms with E-state index >= 15 is 0 Å². The maximum atomic E-state index is 12.5. The van der Waals surface area contributed by atoms with Crippen molar-refractivity contribution in [3.63, 3.8) is 0 Å². The number of amides is 2. The number of carboxylic acids is 1. The van der Waals surface area contributed by atoms with Crippen LogP contribution in [0.2, 0.25) is 0 Å². The largest absolute Gasteiger partial charge is 0.473 e. The van der Waals surface area contributed by atoms with Crippen LogP contribution < -0.4 is 10.6 Å². The standard InChI is InChI=1S/C17H24N2O9S/c1-17(2,9-27-16(26)15(24)25)13-14(23)19-6-5-10(20)18-7-8-29-12(22)4-3-11(21)28-13/h13H,3-9H2,1-2H3,(H,18,20)(H,19,23)(H,24,25)/t13-/m0/s1. The van der Waals surface area contributed by atoms with Crippen LogP contribution in [0.1, 0.15) is 33.1 Å². The van der Waals surface area contributed by atoms with Crippen molar-refractivity contribution in [2.75, 3.05) is 25.4 Å². The molecule has 12 heteroatoms. The van der Waals surface area contributed by atoms with E-state index in [0.717, 1.165) is 11.8 Å². The fourth-order valence-electron chi connectivity index (χ4n) is 2.26. The maximum Gasteiger partial charge on any atom is 0.417 e. The molecule has 162 valence electrons. The van der Waals surface area contributed by atoms with Crippen LogP contribution in [0.25, 0.3) is 0 Å². The molecule has 1 atom stereocenters. The fraction of sp³-hybridized carbons (Fsp3) is 0.647. The topological polar surface area (TPSA) is 165 Å². The summed E-state index contributed by atoms with van der Waals surface area (Å²) in [6, 6.07) is 0. The predicted molar refractivity (Wildman–Crippen MR) is 99.6 cm³/mol. The highest BCUT2D eigenvalue weighted by Crippen LogP contribution is 2.25. The molecule has 1 saturated heterocycles. The van der Waals surface area contributed by atoms with Crippen molar-refractivity contribution in [1.29, 1.82) is 0 Å². The Kier molecular flexibility index (Phi) is 9.59. The molecule has 0 saturated carbocycles. The van der Waals surface area contributed by atoms with E-state index in [4.69, 9.17) is 9.84 Å². The number of carboxylic acid groups (broad SMARTS) is 1. The van der Waals surface area contributed by atoms with Crippen molar-refractivity contribution < 1.29 is 43.3 Å². The lowest BCUT2D eigenvalue weighted by molar-refractivity contribution is -0.173. The molecule has 1 fully saturated rings. The lowest BCUT2D eigenvalue weighted by Crippen LogP contribution is -2.49. The molecule has 1 aliphatic rings. The zero-order valence-electron chi connectivity index (χ0n) is 16.1. The maximum absolute atomic E-state index is 12.5. The minimum absolute atomic E-state index is 0.0283. The third-order valence-electron chi connectivity index (χ3n) is 3.82. The quantitative estimate of drug-likeness (QED) is 0.381. The number of nitrogens with one attached hydrogen (secondary N) is 2. The lowest BCUT2D eigenvalue weighted by atomic mass is 9.86. The number of carbonyl (C=O) groups excluding carboxylic acids is 5. The molecule has 0 radical (unpaired) electrons. The summed E-state index contributed by atoms with van der Waals surface area (Å²) in [6.45, 7) is 2.62. The van der Waals surface area contributed by atoms with Crippen LogP contribution in [0.15, 0.2) is 0 Å². The van der Waals surface area contributed by atoms with Gasteiger partial charge in [0.05, 0.1) is 6.42 Å². The molecule has 1 heterocycles. The molecule has 11 nitrogen and oxygen atoms in total. The van der Waals surface area contributed by atoms with Crippen LogP contribution in [0.3, 0.4) is 0 Å². The van der Waals surface area contributed by atoms with Crippen LogP contribution in [0, 0.1) is 5.41 Å². The van der Waals surface area contributed by atoms with Gasteiger partial charge >= 0.3 is 17.9 Å². The lowest BCUT2D eigenvalue weighted by Gasteiger charge is -2.32. The van der Waals surface area contributed by atoms with Crippen LogP contribution in [0.5, 0.6) is 0 Å². The van der Waals surface area contributed by atoms with Crippen LogP contribution in [-0.4, -0.2) is 71.5 Å². The SMILES string of the molecule is CC(C)(COC(=O)C(=O)O)[C@H]1OC(=O)CCC(=O)SCCNC(=O)CCNC1=O. The Balaban J connectivity index is 2.93. The van der Waals surface area contributed by atoms with Gasteiger partial charge in [-0.2, -0.15) is 0 Å². The van der Waals surface area contributed by atoms with Gasteiger partial charge in [0.1, 0.15) is 6.61 Å². The van der Waals surface area contributed by atoms with Gasteiger partial charge in [0.25, 0.3) is 5.91 Å². The van der Waals surface area contributed by atoms with E-state index in [1.54, 1.807) is 0 Å². The number of rotatable bonds is 3. The normalized spacial score (nSPS) is 20.4. The smallest absolute Gasteiger partial charge is 0.417 e. The summed E-state index contributed by atoms with van der Waals surface area (Å²) in [5.74, 6) is -4.82. The summed E-state index contributed by atoms with van der Waals surface area (Å²) in [4.78, 5) is 70.0. The molecule has 1 aliphatic heterocycles. The number of carbonyl (C=O) groups is 6. The number of cyclic esters (lactones) is 1. The number of hydrogen-bond donors (Lipinski definition) is 3. The molecular weight excluding hydrogens is 408 g/mol. The first-order valence-corrected chi connectivity index (χ1v) is 9.81. The summed E-state index contributed by atoms with van der Waals surface area (Å²) < 4.78 is 9.85. The van der Waals surface area contributed by atoms with Gasteiger partial charge < -0.3 is 25.2 Å². The van der Waals surface area contributed by atoms with Crippen LogP contribution in [-0.2, 0) is 38.2 Å². The molecule has 2 amide bonds. The zero-order chi connectivity index (χ0) is 22.0. The molecule has 1 rings (SSSR count). The molecule has 0 aromatic rings. The zero-order valence-corrected chi connectivity index (χ0v) is 17.0. The van der Waals surface area contributed by atoms with E-state index in [0.29, 0.717) is 5.75 Å². The predicted octanol–water partition coefficient (Wildman–Crippen LogP) is -0.772. The number of hydrogen-bond acceptors (Lipinski definition) is 9. The Labute approximate surface area is 171 Å². The third-order valence-corrected chi connectivity index (χ3v) is 4.75. The second kappa shape index (κ2) is 11.4. The third kappa shape index (κ3) is 8.94. The van der Waals surface area contributed by atoms with E-state index in [1.807, 2.05) is 0 Å². The second-order valence-electron chi connectivity index (χ2n) is 6.85. The van der Waals surface area contributed by atoms with Gasteiger partial charge in [-0.05, 0) is 0 Å². The molecule has 0 aliphatic carbocycles. The molecule has 3 N–H and O–H groups in total. The minimum atomic E-state index is -1.80. The number of thioether (sulfide) groups is 1. The van der Waals surface area contributed by atoms with Crippen molar-refractivity contribution in [1.82, 2.24) is 10.6 Å². The average molecular weight is 432 g/mol. The van der Waals surface area contributed by atoms with E-state index in [2.05, 4.69) is 15.4 Å². The molecule has 0 spiro atoms. The van der Waals surface area contributed by atoms with Crippen molar-refractivity contribution in [2.24, 2.45) is 5.41 Å². The van der Waals surface area contributed by atoms with Crippen LogP contribution >= 0.6 is 11.8 Å². The fourth-order valence-corrected chi connectivity index (χ4v) is 2.94. The molecule has 0 bridgehead atoms. The molecule has 0 unspecified atom stereocenters.